The lowest BCUT2D eigenvalue weighted by molar-refractivity contribution is 0.0937. The summed E-state index contributed by atoms with van der Waals surface area (Å²) in [5, 5.41) is 7.42. The van der Waals surface area contributed by atoms with Gasteiger partial charge in [-0.15, -0.1) is 0 Å². The number of primary amides is 1. The Balaban J connectivity index is 1.79. The average molecular weight is 341 g/mol. The van der Waals surface area contributed by atoms with E-state index in [4.69, 9.17) is 5.73 Å². The molecule has 7 heteroatoms. The first-order valence-electron chi connectivity index (χ1n) is 8.57. The largest absolute Gasteiger partial charge is 0.351 e. The summed E-state index contributed by atoms with van der Waals surface area (Å²) >= 11 is 0. The maximum Gasteiger partial charge on any atom is 0.314 e. The molecular formula is C18H23N5O2. The number of urea groups is 1. The highest BCUT2D eigenvalue weighted by molar-refractivity contribution is 5.95. The molecule has 0 spiro atoms. The lowest BCUT2D eigenvalue weighted by atomic mass is 10.1. The van der Waals surface area contributed by atoms with E-state index in [1.165, 1.54) is 0 Å². The topological polar surface area (TPSA) is 93.2 Å². The van der Waals surface area contributed by atoms with Crippen LogP contribution >= 0.6 is 0 Å². The second-order valence-corrected chi connectivity index (χ2v) is 6.25. The number of hydrogen-bond acceptors (Lipinski definition) is 3. The summed E-state index contributed by atoms with van der Waals surface area (Å²) in [6.07, 6.45) is 4.01. The highest BCUT2D eigenvalue weighted by Gasteiger charge is 2.27. The molecule has 3 rings (SSSR count). The molecule has 1 fully saturated rings. The van der Waals surface area contributed by atoms with Crippen LogP contribution in [0.1, 0.15) is 35.8 Å². The Morgan fingerprint density at radius 1 is 1.32 bits per heavy atom. The number of likely N-dealkylation sites (tertiary alicyclic amines) is 1. The second-order valence-electron chi connectivity index (χ2n) is 6.25. The van der Waals surface area contributed by atoms with Gasteiger partial charge in [0.15, 0.2) is 0 Å². The molecule has 3 N–H and O–H groups in total. The molecule has 2 aromatic rings. The summed E-state index contributed by atoms with van der Waals surface area (Å²) < 4.78 is 1.82. The van der Waals surface area contributed by atoms with E-state index in [0.29, 0.717) is 25.1 Å². The van der Waals surface area contributed by atoms with Gasteiger partial charge in [-0.2, -0.15) is 5.10 Å². The summed E-state index contributed by atoms with van der Waals surface area (Å²) in [5.74, 6) is -0.151. The third-order valence-corrected chi connectivity index (χ3v) is 4.44. The minimum absolute atomic E-state index is 0.0745. The van der Waals surface area contributed by atoms with Crippen LogP contribution in [0.3, 0.4) is 0 Å². The number of benzene rings is 1. The van der Waals surface area contributed by atoms with Gasteiger partial charge in [0.1, 0.15) is 0 Å². The van der Waals surface area contributed by atoms with Crippen LogP contribution in [0, 0.1) is 0 Å². The Labute approximate surface area is 146 Å². The minimum Gasteiger partial charge on any atom is -0.351 e. The SMILES string of the molecule is CCCc1c(C(=O)NC2CCN(C(N)=O)C2)cnn1-c1ccccc1. The Kier molecular flexibility index (Phi) is 5.02. The number of carbonyl (C=O) groups is 2. The van der Waals surface area contributed by atoms with Gasteiger partial charge >= 0.3 is 6.03 Å². The van der Waals surface area contributed by atoms with Crippen molar-refractivity contribution in [3.05, 3.63) is 47.8 Å². The molecule has 1 saturated heterocycles. The fraction of sp³-hybridized carbons (Fsp3) is 0.389. The monoisotopic (exact) mass is 341 g/mol. The van der Waals surface area contributed by atoms with E-state index >= 15 is 0 Å². The Bertz CT molecular complexity index is 756. The van der Waals surface area contributed by atoms with Crippen LogP contribution in [0.4, 0.5) is 4.79 Å². The van der Waals surface area contributed by atoms with E-state index in [2.05, 4.69) is 17.3 Å². The molecule has 1 aromatic heterocycles. The van der Waals surface area contributed by atoms with E-state index < -0.39 is 6.03 Å². The second kappa shape index (κ2) is 7.38. The van der Waals surface area contributed by atoms with E-state index in [0.717, 1.165) is 24.2 Å². The van der Waals surface area contributed by atoms with Gasteiger partial charge in [0.05, 0.1) is 23.1 Å². The van der Waals surface area contributed by atoms with Crippen molar-refractivity contribution in [1.29, 1.82) is 0 Å². The molecule has 0 bridgehead atoms. The number of amides is 3. The zero-order valence-electron chi connectivity index (χ0n) is 14.3. The molecule has 0 radical (unpaired) electrons. The van der Waals surface area contributed by atoms with Crippen molar-refractivity contribution in [2.75, 3.05) is 13.1 Å². The van der Waals surface area contributed by atoms with Gasteiger partial charge in [-0.1, -0.05) is 31.5 Å². The van der Waals surface area contributed by atoms with Crippen molar-refractivity contribution in [2.45, 2.75) is 32.2 Å². The number of aromatic nitrogens is 2. The number of rotatable bonds is 5. The summed E-state index contributed by atoms with van der Waals surface area (Å²) in [4.78, 5) is 25.5. The van der Waals surface area contributed by atoms with Crippen LogP contribution in [0.15, 0.2) is 36.5 Å². The first-order valence-corrected chi connectivity index (χ1v) is 8.57. The highest BCUT2D eigenvalue weighted by Crippen LogP contribution is 2.18. The van der Waals surface area contributed by atoms with Gasteiger partial charge in [-0.05, 0) is 25.0 Å². The van der Waals surface area contributed by atoms with Crippen molar-refractivity contribution in [3.8, 4) is 5.69 Å². The van der Waals surface area contributed by atoms with Crippen LogP contribution in [-0.2, 0) is 6.42 Å². The molecule has 2 heterocycles. The Morgan fingerprint density at radius 3 is 2.72 bits per heavy atom. The van der Waals surface area contributed by atoms with Crippen molar-refractivity contribution in [1.82, 2.24) is 20.0 Å². The fourth-order valence-corrected chi connectivity index (χ4v) is 3.17. The molecule has 1 atom stereocenters. The molecule has 1 aliphatic rings. The van der Waals surface area contributed by atoms with E-state index in [-0.39, 0.29) is 11.9 Å². The van der Waals surface area contributed by atoms with E-state index in [1.807, 2.05) is 35.0 Å². The van der Waals surface area contributed by atoms with Gasteiger partial charge in [0.25, 0.3) is 5.91 Å². The van der Waals surface area contributed by atoms with Gasteiger partial charge < -0.3 is 16.0 Å². The van der Waals surface area contributed by atoms with Crippen LogP contribution in [0.2, 0.25) is 0 Å². The van der Waals surface area contributed by atoms with Gasteiger partial charge in [0, 0.05) is 19.1 Å². The summed E-state index contributed by atoms with van der Waals surface area (Å²) in [6.45, 7) is 3.11. The van der Waals surface area contributed by atoms with Gasteiger partial charge in [0.2, 0.25) is 0 Å². The smallest absolute Gasteiger partial charge is 0.314 e. The maximum absolute atomic E-state index is 12.7. The standard InChI is InChI=1S/C18H23N5O2/c1-2-6-16-15(11-20-23(16)14-7-4-3-5-8-14)17(24)21-13-9-10-22(12-13)18(19)25/h3-5,7-8,11,13H,2,6,9-10,12H2,1H3,(H2,19,25)(H,21,24). The summed E-state index contributed by atoms with van der Waals surface area (Å²) in [6, 6.07) is 9.26. The molecular weight excluding hydrogens is 318 g/mol. The van der Waals surface area contributed by atoms with E-state index in [9.17, 15) is 9.59 Å². The number of para-hydroxylation sites is 1. The average Bonchev–Trinajstić information content (AvgIpc) is 3.23. The lowest BCUT2D eigenvalue weighted by Crippen LogP contribution is -2.40. The normalized spacial score (nSPS) is 16.8. The van der Waals surface area contributed by atoms with Crippen molar-refractivity contribution >= 4 is 11.9 Å². The van der Waals surface area contributed by atoms with Crippen LogP contribution in [0.5, 0.6) is 0 Å². The molecule has 1 unspecified atom stereocenters. The lowest BCUT2D eigenvalue weighted by Gasteiger charge is -2.15. The van der Waals surface area contributed by atoms with Crippen LogP contribution in [0.25, 0.3) is 5.69 Å². The minimum atomic E-state index is -0.444. The number of carbonyl (C=O) groups excluding carboxylic acids is 2. The Hall–Kier alpha value is -2.83. The molecule has 0 aliphatic carbocycles. The number of hydrogen-bond donors (Lipinski definition) is 2. The summed E-state index contributed by atoms with van der Waals surface area (Å²) in [7, 11) is 0. The quantitative estimate of drug-likeness (QED) is 0.867. The molecule has 7 nitrogen and oxygen atoms in total. The van der Waals surface area contributed by atoms with Crippen molar-refractivity contribution in [3.63, 3.8) is 0 Å². The van der Waals surface area contributed by atoms with Crippen LogP contribution in [-0.4, -0.2) is 45.8 Å². The maximum atomic E-state index is 12.7. The zero-order chi connectivity index (χ0) is 17.8. The van der Waals surface area contributed by atoms with Crippen LogP contribution < -0.4 is 11.1 Å². The molecule has 132 valence electrons. The first-order chi connectivity index (χ1) is 12.1. The van der Waals surface area contributed by atoms with Crippen molar-refractivity contribution < 1.29 is 9.59 Å². The Morgan fingerprint density at radius 2 is 2.08 bits per heavy atom. The van der Waals surface area contributed by atoms with Crippen molar-refractivity contribution in [2.24, 2.45) is 5.73 Å². The van der Waals surface area contributed by atoms with Gasteiger partial charge in [-0.3, -0.25) is 4.79 Å². The highest BCUT2D eigenvalue weighted by atomic mass is 16.2. The first kappa shape index (κ1) is 17.0. The number of nitrogens with zero attached hydrogens (tertiary/aromatic N) is 3. The number of nitrogens with one attached hydrogen (secondary N) is 1. The third kappa shape index (κ3) is 3.65. The molecule has 3 amide bonds. The molecule has 1 aromatic carbocycles. The molecule has 0 saturated carbocycles. The predicted octanol–water partition coefficient (Wildman–Crippen LogP) is 1.71. The molecule has 25 heavy (non-hydrogen) atoms. The third-order valence-electron chi connectivity index (χ3n) is 4.44. The summed E-state index contributed by atoms with van der Waals surface area (Å²) in [5.41, 5.74) is 7.72. The van der Waals surface area contributed by atoms with Gasteiger partial charge in [-0.25, -0.2) is 9.48 Å². The number of nitrogens with two attached hydrogens (primary N) is 1. The molecule has 1 aliphatic heterocycles. The van der Waals surface area contributed by atoms with E-state index in [1.54, 1.807) is 11.1 Å². The fourth-order valence-electron chi connectivity index (χ4n) is 3.17. The predicted molar refractivity (Wildman–Crippen MR) is 94.6 cm³/mol. The zero-order valence-corrected chi connectivity index (χ0v) is 14.3.